The molecule has 0 spiro atoms. The zero-order chi connectivity index (χ0) is 21.3. The Kier molecular flexibility index (Phi) is 7.86. The summed E-state index contributed by atoms with van der Waals surface area (Å²) in [5, 5.41) is 14.3. The zero-order valence-electron chi connectivity index (χ0n) is 16.5. The highest BCUT2D eigenvalue weighted by atomic mass is 79.9. The van der Waals surface area contributed by atoms with Crippen molar-refractivity contribution < 1.29 is 9.53 Å². The number of carbonyl (C=O) groups excluding carboxylic acids is 1. The Labute approximate surface area is 187 Å². The number of amides is 1. The number of aromatic nitrogens is 3. The third-order valence-electron chi connectivity index (χ3n) is 3.83. The summed E-state index contributed by atoms with van der Waals surface area (Å²) in [7, 11) is 0. The fourth-order valence-corrected chi connectivity index (χ4v) is 3.50. The Morgan fingerprint density at radius 1 is 1.30 bits per heavy atom. The van der Waals surface area contributed by atoms with Gasteiger partial charge >= 0.3 is 0 Å². The van der Waals surface area contributed by atoms with Crippen LogP contribution in [0.2, 0.25) is 0 Å². The van der Waals surface area contributed by atoms with Crippen LogP contribution in [0.5, 0.6) is 5.75 Å². The van der Waals surface area contributed by atoms with Gasteiger partial charge in [-0.15, -0.1) is 5.10 Å². The highest BCUT2D eigenvalue weighted by Crippen LogP contribution is 2.21. The van der Waals surface area contributed by atoms with Gasteiger partial charge in [0.25, 0.3) is 0 Å². The van der Waals surface area contributed by atoms with Crippen molar-refractivity contribution in [3.63, 3.8) is 0 Å². The molecule has 0 aliphatic rings. The molecule has 156 valence electrons. The minimum atomic E-state index is -0.127. The molecule has 1 heterocycles. The number of anilines is 2. The first kappa shape index (κ1) is 21.8. The summed E-state index contributed by atoms with van der Waals surface area (Å²) in [6.45, 7) is 4.51. The van der Waals surface area contributed by atoms with Crippen molar-refractivity contribution in [2.45, 2.75) is 19.0 Å². The predicted octanol–water partition coefficient (Wildman–Crippen LogP) is 4.45. The van der Waals surface area contributed by atoms with Gasteiger partial charge in [-0.2, -0.15) is 10.1 Å². The highest BCUT2D eigenvalue weighted by Gasteiger charge is 2.09. The van der Waals surface area contributed by atoms with Gasteiger partial charge in [0.05, 0.1) is 18.6 Å². The van der Waals surface area contributed by atoms with E-state index in [1.807, 2.05) is 56.3 Å². The van der Waals surface area contributed by atoms with Gasteiger partial charge in [-0.05, 0) is 67.4 Å². The zero-order valence-corrected chi connectivity index (χ0v) is 18.9. The Morgan fingerprint density at radius 3 is 2.83 bits per heavy atom. The van der Waals surface area contributed by atoms with Gasteiger partial charge in [-0.1, -0.05) is 27.7 Å². The number of halogens is 1. The van der Waals surface area contributed by atoms with E-state index < -0.39 is 0 Å². The first-order valence-electron chi connectivity index (χ1n) is 9.16. The van der Waals surface area contributed by atoms with E-state index in [1.165, 1.54) is 11.8 Å². The normalized spacial score (nSPS) is 10.9. The van der Waals surface area contributed by atoms with Crippen LogP contribution < -0.4 is 15.5 Å². The standard InChI is InChI=1S/C20H21BrN6O2S/c1-3-29-16-7-4-14(5-8-16)11-22-25-19-24-20(27-26-19)30-12-18(28)23-17-9-6-15(21)10-13(17)2/h4-11H,3,12H2,1-2H3,(H,23,28)(H2,24,25,26,27)/b22-11-. The lowest BCUT2D eigenvalue weighted by Crippen LogP contribution is -2.14. The topological polar surface area (TPSA) is 104 Å². The second kappa shape index (κ2) is 10.8. The third kappa shape index (κ3) is 6.60. The maximum Gasteiger partial charge on any atom is 0.240 e. The van der Waals surface area contributed by atoms with Gasteiger partial charge in [0.15, 0.2) is 0 Å². The summed E-state index contributed by atoms with van der Waals surface area (Å²) in [6.07, 6.45) is 1.67. The number of benzene rings is 2. The van der Waals surface area contributed by atoms with Gasteiger partial charge in [0.1, 0.15) is 5.75 Å². The summed E-state index contributed by atoms with van der Waals surface area (Å²) in [5.41, 5.74) is 5.47. The molecule has 3 N–H and O–H groups in total. The molecule has 10 heteroatoms. The van der Waals surface area contributed by atoms with Crippen LogP contribution in [-0.2, 0) is 4.79 Å². The molecule has 0 bridgehead atoms. The Balaban J connectivity index is 1.45. The van der Waals surface area contributed by atoms with E-state index in [0.717, 1.165) is 27.0 Å². The molecule has 0 aliphatic carbocycles. The van der Waals surface area contributed by atoms with Crippen LogP contribution in [0.1, 0.15) is 18.1 Å². The monoisotopic (exact) mass is 488 g/mol. The smallest absolute Gasteiger partial charge is 0.240 e. The molecule has 0 unspecified atom stereocenters. The number of rotatable bonds is 9. The van der Waals surface area contributed by atoms with E-state index in [2.05, 4.69) is 47.0 Å². The molecule has 3 rings (SSSR count). The van der Waals surface area contributed by atoms with Crippen LogP contribution in [0.3, 0.4) is 0 Å². The second-order valence-electron chi connectivity index (χ2n) is 6.13. The van der Waals surface area contributed by atoms with Crippen molar-refractivity contribution in [2.24, 2.45) is 5.10 Å². The van der Waals surface area contributed by atoms with Crippen LogP contribution in [0.25, 0.3) is 0 Å². The molecule has 2 aromatic carbocycles. The number of aromatic amines is 1. The maximum atomic E-state index is 12.2. The summed E-state index contributed by atoms with van der Waals surface area (Å²) >= 11 is 4.64. The molecule has 0 radical (unpaired) electrons. The minimum Gasteiger partial charge on any atom is -0.494 e. The number of nitrogens with one attached hydrogen (secondary N) is 3. The fourth-order valence-electron chi connectivity index (χ4n) is 2.43. The number of hydrogen-bond acceptors (Lipinski definition) is 7. The van der Waals surface area contributed by atoms with E-state index in [1.54, 1.807) is 6.21 Å². The number of thioether (sulfide) groups is 1. The molecule has 0 aliphatic heterocycles. The molecule has 0 saturated heterocycles. The van der Waals surface area contributed by atoms with E-state index in [0.29, 0.717) is 17.7 Å². The number of carbonyl (C=O) groups is 1. The van der Waals surface area contributed by atoms with Gasteiger partial charge < -0.3 is 10.1 Å². The Bertz CT molecular complexity index is 1020. The maximum absolute atomic E-state index is 12.2. The minimum absolute atomic E-state index is 0.127. The van der Waals surface area contributed by atoms with Crippen LogP contribution in [0.4, 0.5) is 11.6 Å². The average Bonchev–Trinajstić information content (AvgIpc) is 3.18. The van der Waals surface area contributed by atoms with Crippen molar-refractivity contribution in [2.75, 3.05) is 23.1 Å². The third-order valence-corrected chi connectivity index (χ3v) is 5.18. The fraction of sp³-hybridized carbons (Fsp3) is 0.200. The molecule has 1 amide bonds. The van der Waals surface area contributed by atoms with Crippen LogP contribution in [-0.4, -0.2) is 39.7 Å². The molecule has 30 heavy (non-hydrogen) atoms. The van der Waals surface area contributed by atoms with Crippen LogP contribution >= 0.6 is 27.7 Å². The molecular formula is C20H21BrN6O2S. The summed E-state index contributed by atoms with van der Waals surface area (Å²) in [5.74, 6) is 1.28. The molecular weight excluding hydrogens is 468 g/mol. The van der Waals surface area contributed by atoms with Gasteiger partial charge in [-0.3, -0.25) is 4.79 Å². The van der Waals surface area contributed by atoms with E-state index in [4.69, 9.17) is 4.74 Å². The van der Waals surface area contributed by atoms with Crippen LogP contribution in [0.15, 0.2) is 57.2 Å². The number of hydrazone groups is 1. The SMILES string of the molecule is CCOc1ccc(/C=N\Nc2nc(SCC(=O)Nc3ccc(Br)cc3C)n[nH]2)cc1. The predicted molar refractivity (Wildman–Crippen MR) is 123 cm³/mol. The first-order valence-corrected chi connectivity index (χ1v) is 10.9. The lowest BCUT2D eigenvalue weighted by atomic mass is 10.2. The van der Waals surface area contributed by atoms with E-state index in [-0.39, 0.29) is 11.7 Å². The van der Waals surface area contributed by atoms with Crippen molar-refractivity contribution in [1.29, 1.82) is 0 Å². The lowest BCUT2D eigenvalue weighted by molar-refractivity contribution is -0.113. The Morgan fingerprint density at radius 2 is 2.10 bits per heavy atom. The first-order chi connectivity index (χ1) is 14.5. The Hall–Kier alpha value is -2.85. The summed E-state index contributed by atoms with van der Waals surface area (Å²) in [4.78, 5) is 16.4. The lowest BCUT2D eigenvalue weighted by Gasteiger charge is -2.07. The molecule has 8 nitrogen and oxygen atoms in total. The number of aryl methyl sites for hydroxylation is 1. The average molecular weight is 489 g/mol. The summed E-state index contributed by atoms with van der Waals surface area (Å²) in [6, 6.07) is 13.3. The van der Waals surface area contributed by atoms with Crippen molar-refractivity contribution >= 4 is 51.4 Å². The number of H-pyrrole nitrogens is 1. The number of ether oxygens (including phenoxy) is 1. The van der Waals surface area contributed by atoms with Crippen LogP contribution in [0, 0.1) is 6.92 Å². The molecule has 0 atom stereocenters. The van der Waals surface area contributed by atoms with Gasteiger partial charge in [0, 0.05) is 10.2 Å². The number of hydrogen-bond donors (Lipinski definition) is 3. The second-order valence-corrected chi connectivity index (χ2v) is 7.99. The highest BCUT2D eigenvalue weighted by molar-refractivity contribution is 9.10. The van der Waals surface area contributed by atoms with Crippen molar-refractivity contribution in [1.82, 2.24) is 15.2 Å². The quantitative estimate of drug-likeness (QED) is 0.233. The largest absolute Gasteiger partial charge is 0.494 e. The molecule has 0 saturated carbocycles. The molecule has 1 aromatic heterocycles. The van der Waals surface area contributed by atoms with Crippen molar-refractivity contribution in [3.8, 4) is 5.75 Å². The van der Waals surface area contributed by atoms with Gasteiger partial charge in [-0.25, -0.2) is 10.5 Å². The summed E-state index contributed by atoms with van der Waals surface area (Å²) < 4.78 is 6.38. The molecule has 0 fully saturated rings. The van der Waals surface area contributed by atoms with E-state index in [9.17, 15) is 4.79 Å². The number of nitrogens with zero attached hydrogens (tertiary/aromatic N) is 3. The van der Waals surface area contributed by atoms with E-state index >= 15 is 0 Å². The van der Waals surface area contributed by atoms with Crippen molar-refractivity contribution in [3.05, 3.63) is 58.1 Å². The van der Waals surface area contributed by atoms with Gasteiger partial charge in [0.2, 0.25) is 17.0 Å². The molecule has 3 aromatic rings.